The molecule has 0 saturated heterocycles. The van der Waals surface area contributed by atoms with E-state index >= 15 is 0 Å². The zero-order valence-corrected chi connectivity index (χ0v) is 11.6. The molecule has 2 amide bonds. The molecule has 1 aromatic heterocycles. The van der Waals surface area contributed by atoms with Crippen molar-refractivity contribution in [3.8, 4) is 0 Å². The minimum absolute atomic E-state index is 0.125. The van der Waals surface area contributed by atoms with Gasteiger partial charge in [-0.3, -0.25) is 9.59 Å². The van der Waals surface area contributed by atoms with Crippen molar-refractivity contribution in [2.24, 2.45) is 0 Å². The van der Waals surface area contributed by atoms with E-state index in [0.717, 1.165) is 0 Å². The number of carbonyl (C=O) groups is 2. The van der Waals surface area contributed by atoms with Crippen LogP contribution in [-0.4, -0.2) is 23.5 Å². The maximum absolute atomic E-state index is 11.6. The van der Waals surface area contributed by atoms with Crippen molar-refractivity contribution in [1.82, 2.24) is 5.32 Å². The Morgan fingerprint density at radius 2 is 1.90 bits per heavy atom. The average Bonchev–Trinajstić information content (AvgIpc) is 3.01. The molecule has 1 heterocycles. The molecule has 0 bridgehead atoms. The normalized spacial score (nSPS) is 11.7. The fraction of sp³-hybridized carbons (Fsp3) is 0.143. The lowest BCUT2D eigenvalue weighted by atomic mass is 10.2. The first-order valence-corrected chi connectivity index (χ1v) is 6.50. The van der Waals surface area contributed by atoms with Gasteiger partial charge in [-0.25, -0.2) is 0 Å². The zero-order valence-electron chi connectivity index (χ0n) is 10.9. The molecule has 2 aromatic rings. The number of aliphatic hydroxyl groups excluding tert-OH is 1. The van der Waals surface area contributed by atoms with Gasteiger partial charge in [-0.1, -0.05) is 11.6 Å². The maximum Gasteiger partial charge on any atom is 0.313 e. The highest BCUT2D eigenvalue weighted by molar-refractivity contribution is 6.39. The lowest BCUT2D eigenvalue weighted by Gasteiger charge is -2.09. The summed E-state index contributed by atoms with van der Waals surface area (Å²) in [5.74, 6) is -1.37. The molecule has 1 aromatic carbocycles. The second kappa shape index (κ2) is 6.92. The molecule has 1 unspecified atom stereocenters. The lowest BCUT2D eigenvalue weighted by molar-refractivity contribution is -0.136. The number of nitrogens with one attached hydrogen (secondary N) is 2. The van der Waals surface area contributed by atoms with Crippen molar-refractivity contribution in [3.63, 3.8) is 0 Å². The molecule has 1 atom stereocenters. The summed E-state index contributed by atoms with van der Waals surface area (Å²) in [6, 6.07) is 9.53. The van der Waals surface area contributed by atoms with E-state index in [1.165, 1.54) is 6.26 Å². The van der Waals surface area contributed by atoms with Crippen LogP contribution in [0.15, 0.2) is 47.1 Å². The van der Waals surface area contributed by atoms with Crippen LogP contribution in [0.3, 0.4) is 0 Å². The number of hydrogen-bond donors (Lipinski definition) is 3. The second-order valence-corrected chi connectivity index (χ2v) is 4.64. The quantitative estimate of drug-likeness (QED) is 0.750. The monoisotopic (exact) mass is 308 g/mol. The van der Waals surface area contributed by atoms with Crippen LogP contribution in [0.25, 0.3) is 0 Å². The van der Waals surface area contributed by atoms with Gasteiger partial charge in [0.15, 0.2) is 0 Å². The second-order valence-electron chi connectivity index (χ2n) is 4.20. The van der Waals surface area contributed by atoms with E-state index in [1.54, 1.807) is 36.4 Å². The van der Waals surface area contributed by atoms with Gasteiger partial charge in [0, 0.05) is 10.7 Å². The van der Waals surface area contributed by atoms with Crippen molar-refractivity contribution in [2.75, 3.05) is 11.9 Å². The summed E-state index contributed by atoms with van der Waals surface area (Å²) in [6.07, 6.45) is 0.403. The largest absolute Gasteiger partial charge is 0.467 e. The fourth-order valence-corrected chi connectivity index (χ4v) is 1.70. The molecule has 0 fully saturated rings. The molecule has 0 radical (unpaired) electrons. The number of rotatable bonds is 4. The first-order chi connectivity index (χ1) is 10.1. The summed E-state index contributed by atoms with van der Waals surface area (Å²) in [4.78, 5) is 23.2. The van der Waals surface area contributed by atoms with Crippen LogP contribution in [0, 0.1) is 0 Å². The fourth-order valence-electron chi connectivity index (χ4n) is 1.57. The summed E-state index contributed by atoms with van der Waals surface area (Å²) < 4.78 is 4.98. The maximum atomic E-state index is 11.6. The van der Waals surface area contributed by atoms with E-state index in [1.807, 2.05) is 0 Å². The minimum atomic E-state index is -1.01. The molecule has 0 aliphatic rings. The third-order valence-corrected chi connectivity index (χ3v) is 2.89. The third-order valence-electron chi connectivity index (χ3n) is 2.64. The van der Waals surface area contributed by atoms with Gasteiger partial charge >= 0.3 is 11.8 Å². The van der Waals surface area contributed by atoms with Gasteiger partial charge in [0.05, 0.1) is 12.8 Å². The topological polar surface area (TPSA) is 91.6 Å². The predicted molar refractivity (Wildman–Crippen MR) is 76.8 cm³/mol. The molecule has 110 valence electrons. The lowest BCUT2D eigenvalue weighted by Crippen LogP contribution is -2.37. The molecular weight excluding hydrogens is 296 g/mol. The van der Waals surface area contributed by atoms with Gasteiger partial charge in [0.25, 0.3) is 0 Å². The van der Waals surface area contributed by atoms with E-state index in [4.69, 9.17) is 16.0 Å². The number of halogens is 1. The smallest absolute Gasteiger partial charge is 0.313 e. The Bertz CT molecular complexity index is 610. The van der Waals surface area contributed by atoms with Crippen LogP contribution in [-0.2, 0) is 9.59 Å². The van der Waals surface area contributed by atoms with Gasteiger partial charge < -0.3 is 20.2 Å². The number of benzene rings is 1. The van der Waals surface area contributed by atoms with Crippen LogP contribution in [0.1, 0.15) is 11.9 Å². The number of amides is 2. The van der Waals surface area contributed by atoms with Crippen LogP contribution in [0.4, 0.5) is 5.69 Å². The number of furan rings is 1. The van der Waals surface area contributed by atoms with Crippen LogP contribution >= 0.6 is 11.6 Å². The Balaban J connectivity index is 1.82. The molecule has 0 spiro atoms. The molecule has 21 heavy (non-hydrogen) atoms. The highest BCUT2D eigenvalue weighted by Crippen LogP contribution is 2.13. The van der Waals surface area contributed by atoms with Crippen molar-refractivity contribution in [3.05, 3.63) is 53.4 Å². The number of anilines is 1. The predicted octanol–water partition coefficient (Wildman–Crippen LogP) is 1.72. The Morgan fingerprint density at radius 3 is 2.52 bits per heavy atom. The molecular formula is C14H13ClN2O4. The molecule has 7 heteroatoms. The Labute approximate surface area is 125 Å². The molecule has 6 nitrogen and oxygen atoms in total. The van der Waals surface area contributed by atoms with Gasteiger partial charge in [-0.15, -0.1) is 0 Å². The summed E-state index contributed by atoms with van der Waals surface area (Å²) in [7, 11) is 0. The van der Waals surface area contributed by atoms with Crippen molar-refractivity contribution in [2.45, 2.75) is 6.10 Å². The number of hydrogen-bond acceptors (Lipinski definition) is 4. The average molecular weight is 309 g/mol. The number of aliphatic hydroxyl groups is 1. The van der Waals surface area contributed by atoms with Crippen LogP contribution in [0.5, 0.6) is 0 Å². The Hall–Kier alpha value is -2.31. The minimum Gasteiger partial charge on any atom is -0.467 e. The van der Waals surface area contributed by atoms with E-state index in [0.29, 0.717) is 16.5 Å². The van der Waals surface area contributed by atoms with E-state index in [9.17, 15) is 14.7 Å². The summed E-state index contributed by atoms with van der Waals surface area (Å²) in [5.41, 5.74) is 0.450. The highest BCUT2D eigenvalue weighted by atomic mass is 35.5. The standard InChI is InChI=1S/C14H13ClN2O4/c15-9-3-5-10(6-4-9)17-14(20)13(19)16-8-11(18)12-2-1-7-21-12/h1-7,11,18H,8H2,(H,16,19)(H,17,20). The third kappa shape index (κ3) is 4.34. The van der Waals surface area contributed by atoms with Crippen LogP contribution < -0.4 is 10.6 Å². The van der Waals surface area contributed by atoms with Gasteiger partial charge in [0.2, 0.25) is 0 Å². The van der Waals surface area contributed by atoms with Crippen molar-refractivity contribution < 1.29 is 19.1 Å². The Kier molecular flexibility index (Phi) is 4.97. The first kappa shape index (κ1) is 15.1. The van der Waals surface area contributed by atoms with Gasteiger partial charge in [0.1, 0.15) is 11.9 Å². The van der Waals surface area contributed by atoms with E-state index in [-0.39, 0.29) is 6.54 Å². The molecule has 2 rings (SSSR count). The van der Waals surface area contributed by atoms with Crippen molar-refractivity contribution >= 4 is 29.1 Å². The summed E-state index contributed by atoms with van der Waals surface area (Å²) in [6.45, 7) is -0.125. The van der Waals surface area contributed by atoms with Gasteiger partial charge in [-0.2, -0.15) is 0 Å². The summed E-state index contributed by atoms with van der Waals surface area (Å²) >= 11 is 5.72. The van der Waals surface area contributed by atoms with Gasteiger partial charge in [-0.05, 0) is 36.4 Å². The van der Waals surface area contributed by atoms with Crippen LogP contribution in [0.2, 0.25) is 5.02 Å². The SMILES string of the molecule is O=C(NCC(O)c1ccco1)C(=O)Nc1ccc(Cl)cc1. The molecule has 0 aliphatic carbocycles. The number of carbonyl (C=O) groups excluding carboxylic acids is 2. The zero-order chi connectivity index (χ0) is 15.2. The van der Waals surface area contributed by atoms with Crippen molar-refractivity contribution in [1.29, 1.82) is 0 Å². The molecule has 0 aliphatic heterocycles. The molecule has 0 saturated carbocycles. The Morgan fingerprint density at radius 1 is 1.19 bits per heavy atom. The van der Waals surface area contributed by atoms with E-state index in [2.05, 4.69) is 10.6 Å². The molecule has 3 N–H and O–H groups in total. The first-order valence-electron chi connectivity index (χ1n) is 6.12. The summed E-state index contributed by atoms with van der Waals surface area (Å²) in [5, 5.41) is 15.0. The highest BCUT2D eigenvalue weighted by Gasteiger charge is 2.17. The van der Waals surface area contributed by atoms with E-state index < -0.39 is 17.9 Å².